The second kappa shape index (κ2) is 11.6. The van der Waals surface area contributed by atoms with Crippen molar-refractivity contribution in [2.75, 3.05) is 4.81 Å². The van der Waals surface area contributed by atoms with E-state index in [1.165, 1.54) is 86.5 Å². The van der Waals surface area contributed by atoms with Gasteiger partial charge in [0.2, 0.25) is 0 Å². The Bertz CT molecular complexity index is 3960. The molecule has 4 nitrogen and oxygen atoms in total. The second-order valence-corrected chi connectivity index (χ2v) is 20.7. The quantitative estimate of drug-likeness (QED) is 0.155. The lowest BCUT2D eigenvalue weighted by Gasteiger charge is -2.42. The van der Waals surface area contributed by atoms with Gasteiger partial charge in [-0.15, -0.1) is 11.3 Å². The summed E-state index contributed by atoms with van der Waals surface area (Å²) < 4.78 is 18.8. The van der Waals surface area contributed by atoms with Crippen LogP contribution in [0.25, 0.3) is 103 Å². The van der Waals surface area contributed by atoms with E-state index in [9.17, 15) is 0 Å². The van der Waals surface area contributed by atoms with Gasteiger partial charge in [-0.3, -0.25) is 0 Å². The predicted molar refractivity (Wildman–Crippen MR) is 265 cm³/mol. The highest BCUT2D eigenvalue weighted by Crippen LogP contribution is 2.54. The van der Waals surface area contributed by atoms with Gasteiger partial charge in [0.15, 0.2) is 0 Å². The highest BCUT2D eigenvalue weighted by molar-refractivity contribution is 7.27. The molecule has 2 aliphatic heterocycles. The number of nitrogens with zero attached hydrogens (tertiary/aromatic N) is 2. The Balaban J connectivity index is 1.24. The number of furan rings is 2. The Labute approximate surface area is 362 Å². The Morgan fingerprint density at radius 1 is 0.516 bits per heavy atom. The number of benzene rings is 8. The number of para-hydroxylation sites is 2. The third-order valence-corrected chi connectivity index (χ3v) is 15.2. The van der Waals surface area contributed by atoms with Crippen LogP contribution in [-0.4, -0.2) is 11.4 Å². The minimum atomic E-state index is -0.175. The van der Waals surface area contributed by atoms with Crippen LogP contribution in [0, 0.1) is 0 Å². The van der Waals surface area contributed by atoms with Gasteiger partial charge in [0.1, 0.15) is 22.3 Å². The van der Waals surface area contributed by atoms with E-state index in [0.29, 0.717) is 0 Å². The van der Waals surface area contributed by atoms with Crippen molar-refractivity contribution in [3.63, 3.8) is 0 Å². The van der Waals surface area contributed by atoms with Crippen molar-refractivity contribution >= 4 is 126 Å². The van der Waals surface area contributed by atoms with Crippen molar-refractivity contribution in [1.82, 2.24) is 4.57 Å². The number of fused-ring (bicyclic) bond motifs is 19. The SMILES string of the molecule is CC(C)(C)c1ccc(N2B3c4cc5oc6ccccc6c5cc4-n4c5ccc(C(C)(C)C)cc5c5c6sc7ccccc7c6c(c3c54)-c3cc4oc5ccccc5c4cc32)cc1. The van der Waals surface area contributed by atoms with Gasteiger partial charge in [-0.05, 0) is 105 Å². The van der Waals surface area contributed by atoms with Gasteiger partial charge in [-0.1, -0.05) is 114 Å². The van der Waals surface area contributed by atoms with Crippen LogP contribution in [0.4, 0.5) is 11.4 Å². The molecule has 0 fully saturated rings. The molecule has 0 unspecified atom stereocenters. The van der Waals surface area contributed by atoms with Crippen LogP contribution < -0.4 is 15.7 Å². The fourth-order valence-corrected chi connectivity index (χ4v) is 12.4. The number of thiophene rings is 1. The molecule has 296 valence electrons. The predicted octanol–water partition coefficient (Wildman–Crippen LogP) is 14.8. The van der Waals surface area contributed by atoms with E-state index in [1.54, 1.807) is 0 Å². The van der Waals surface area contributed by atoms with Gasteiger partial charge < -0.3 is 18.2 Å². The van der Waals surface area contributed by atoms with Crippen molar-refractivity contribution in [1.29, 1.82) is 0 Å². The summed E-state index contributed by atoms with van der Waals surface area (Å²) in [4.78, 5) is 2.64. The highest BCUT2D eigenvalue weighted by Gasteiger charge is 2.46. The molecule has 0 bridgehead atoms. The van der Waals surface area contributed by atoms with Gasteiger partial charge in [-0.2, -0.15) is 0 Å². The average Bonchev–Trinajstić information content (AvgIpc) is 4.02. The monoisotopic (exact) mass is 816 g/mol. The van der Waals surface area contributed by atoms with Crippen LogP contribution in [0.15, 0.2) is 148 Å². The number of anilines is 2. The van der Waals surface area contributed by atoms with Crippen LogP contribution >= 0.6 is 11.3 Å². The Kier molecular flexibility index (Phi) is 6.52. The number of hydrogen-bond donors (Lipinski definition) is 0. The van der Waals surface area contributed by atoms with Crippen molar-refractivity contribution in [3.8, 4) is 16.8 Å². The number of aromatic nitrogens is 1. The van der Waals surface area contributed by atoms with E-state index in [2.05, 4.69) is 190 Å². The van der Waals surface area contributed by atoms with Crippen molar-refractivity contribution in [2.45, 2.75) is 52.4 Å². The third kappa shape index (κ3) is 4.42. The first-order valence-corrected chi connectivity index (χ1v) is 22.6. The molecule has 0 N–H and O–H groups in total. The third-order valence-electron chi connectivity index (χ3n) is 14.1. The van der Waals surface area contributed by atoms with Gasteiger partial charge >= 0.3 is 6.85 Å². The topological polar surface area (TPSA) is 34.5 Å². The van der Waals surface area contributed by atoms with Crippen LogP contribution in [0.1, 0.15) is 52.7 Å². The molecular formula is C56H41BN2O2S. The smallest absolute Gasteiger partial charge is 0.333 e. The Morgan fingerprint density at radius 2 is 1.13 bits per heavy atom. The minimum Gasteiger partial charge on any atom is -0.456 e. The summed E-state index contributed by atoms with van der Waals surface area (Å²) in [6.45, 7) is 13.7. The fraction of sp³-hybridized carbons (Fsp3) is 0.143. The van der Waals surface area contributed by atoms with Gasteiger partial charge in [0.05, 0.1) is 11.0 Å². The summed E-state index contributed by atoms with van der Waals surface area (Å²) in [6, 6.07) is 52.2. The first-order valence-electron chi connectivity index (χ1n) is 21.8. The first-order chi connectivity index (χ1) is 30.0. The van der Waals surface area contributed by atoms with E-state index in [4.69, 9.17) is 8.83 Å². The molecule has 62 heavy (non-hydrogen) atoms. The molecule has 14 rings (SSSR count). The molecule has 0 saturated heterocycles. The Morgan fingerprint density at radius 3 is 1.82 bits per heavy atom. The zero-order chi connectivity index (χ0) is 41.6. The maximum atomic E-state index is 6.78. The van der Waals surface area contributed by atoms with Crippen molar-refractivity contribution in [2.24, 2.45) is 0 Å². The van der Waals surface area contributed by atoms with E-state index < -0.39 is 0 Å². The molecule has 2 aliphatic rings. The standard InChI is InChI=1S/C56H41BN2O2S/c1-55(2,3)30-19-22-32(23-20-30)59-42-26-36-33-13-7-10-16-44(33)60-46(36)28-39(42)49-50-35-15-9-12-18-48(35)62-54(50)51-38-25-31(56(4,5)6)21-24-41(38)58-43-27-37-34-14-8-11-17-45(34)61-47(37)29-40(43)57(59)52(49)53(51)58/h7-29H,1-6H3. The minimum absolute atomic E-state index is 0.0156. The van der Waals surface area contributed by atoms with E-state index in [1.807, 2.05) is 11.3 Å². The summed E-state index contributed by atoms with van der Waals surface area (Å²) in [6.07, 6.45) is 0. The van der Waals surface area contributed by atoms with Gasteiger partial charge in [-0.25, -0.2) is 0 Å². The summed E-state index contributed by atoms with van der Waals surface area (Å²) in [7, 11) is 0. The molecule has 4 aromatic heterocycles. The van der Waals surface area contributed by atoms with Gasteiger partial charge in [0, 0.05) is 75.1 Å². The molecular weight excluding hydrogens is 776 g/mol. The lowest BCUT2D eigenvalue weighted by atomic mass is 9.43. The first kappa shape index (κ1) is 34.9. The zero-order valence-corrected chi connectivity index (χ0v) is 36.3. The van der Waals surface area contributed by atoms with Gasteiger partial charge in [0.25, 0.3) is 0 Å². The normalized spacial score (nSPS) is 13.9. The molecule has 6 heterocycles. The number of rotatable bonds is 1. The zero-order valence-electron chi connectivity index (χ0n) is 35.5. The maximum absolute atomic E-state index is 6.78. The molecule has 0 atom stereocenters. The molecule has 0 radical (unpaired) electrons. The maximum Gasteiger partial charge on any atom is 0.333 e. The molecule has 0 saturated carbocycles. The lowest BCUT2D eigenvalue weighted by Crippen LogP contribution is -2.60. The van der Waals surface area contributed by atoms with E-state index in [-0.39, 0.29) is 17.7 Å². The van der Waals surface area contributed by atoms with Crippen LogP contribution in [-0.2, 0) is 10.8 Å². The molecule has 6 heteroatoms. The summed E-state index contributed by atoms with van der Waals surface area (Å²) in [5, 5.41) is 9.78. The molecule has 12 aromatic rings. The van der Waals surface area contributed by atoms with Crippen LogP contribution in [0.3, 0.4) is 0 Å². The lowest BCUT2D eigenvalue weighted by molar-refractivity contribution is 0.590. The van der Waals surface area contributed by atoms with Crippen molar-refractivity contribution in [3.05, 3.63) is 151 Å². The molecule has 0 amide bonds. The summed E-state index contributed by atoms with van der Waals surface area (Å²) >= 11 is 1.94. The fourth-order valence-electron chi connectivity index (χ4n) is 11.1. The van der Waals surface area contributed by atoms with E-state index in [0.717, 1.165) is 49.6 Å². The molecule has 8 aromatic carbocycles. The summed E-state index contributed by atoms with van der Waals surface area (Å²) in [5.74, 6) is 0. The van der Waals surface area contributed by atoms with Crippen LogP contribution in [0.5, 0.6) is 0 Å². The van der Waals surface area contributed by atoms with Crippen molar-refractivity contribution < 1.29 is 8.83 Å². The number of hydrogen-bond acceptors (Lipinski definition) is 4. The second-order valence-electron chi connectivity index (χ2n) is 19.7. The highest BCUT2D eigenvalue weighted by atomic mass is 32.1. The average molecular weight is 817 g/mol. The van der Waals surface area contributed by atoms with Crippen LogP contribution in [0.2, 0.25) is 0 Å². The summed E-state index contributed by atoms with van der Waals surface area (Å²) in [5.41, 5.74) is 17.4. The molecule has 0 aliphatic carbocycles. The van der Waals surface area contributed by atoms with E-state index >= 15 is 0 Å². The largest absolute Gasteiger partial charge is 0.456 e. The molecule has 0 spiro atoms. The Hall–Kier alpha value is -6.76.